The molecular weight excluding hydrogens is 590 g/mol. The van der Waals surface area contributed by atoms with Crippen molar-refractivity contribution in [1.82, 2.24) is 0 Å². The third-order valence-electron chi connectivity index (χ3n) is 0.210. The van der Waals surface area contributed by atoms with Gasteiger partial charge in [0.15, 0.2) is 0 Å². The van der Waals surface area contributed by atoms with Crippen molar-refractivity contribution in [2.45, 2.75) is 0 Å². The van der Waals surface area contributed by atoms with E-state index in [1.54, 1.807) is 42.9 Å². The predicted octanol–water partition coefficient (Wildman–Crippen LogP) is 0.266. The average Bonchev–Trinajstić information content (AvgIpc) is 1.87. The van der Waals surface area contributed by atoms with E-state index < -0.39 is 28.1 Å². The molecule has 0 radical (unpaired) electrons. The van der Waals surface area contributed by atoms with Crippen LogP contribution in [-0.2, 0) is 69.2 Å². The molecule has 0 saturated carbocycles. The van der Waals surface area contributed by atoms with Gasteiger partial charge in [-0.3, -0.25) is 0 Å². The maximum absolute atomic E-state index is 10.3. The van der Waals surface area contributed by atoms with Gasteiger partial charge in [0.25, 0.3) is 0 Å². The molecule has 0 aliphatic rings. The summed E-state index contributed by atoms with van der Waals surface area (Å²) in [5.41, 5.74) is 0. The van der Waals surface area contributed by atoms with E-state index in [0.717, 1.165) is 0 Å². The van der Waals surface area contributed by atoms with E-state index in [-0.39, 0.29) is 0 Å². The Balaban J connectivity index is 3.47. The van der Waals surface area contributed by atoms with Crippen LogP contribution in [0.25, 0.3) is 0 Å². The molecule has 0 fully saturated rings. The van der Waals surface area contributed by atoms with Gasteiger partial charge in [0.2, 0.25) is 0 Å². The quantitative estimate of drug-likeness (QED) is 0.434. The Kier molecular flexibility index (Phi) is 6.67. The molecule has 0 aliphatic carbocycles. The molecular formula is C2AgAu2O4. The van der Waals surface area contributed by atoms with Gasteiger partial charge < -0.3 is 0 Å². The summed E-state index contributed by atoms with van der Waals surface area (Å²) in [7, 11) is 0. The third kappa shape index (κ3) is 5.60. The fourth-order valence-corrected chi connectivity index (χ4v) is 1.20. The summed E-state index contributed by atoms with van der Waals surface area (Å²) in [6.45, 7) is 0. The zero-order valence-corrected chi connectivity index (χ0v) is 9.35. The van der Waals surface area contributed by atoms with Crippen LogP contribution < -0.4 is 0 Å². The first-order valence-corrected chi connectivity index (χ1v) is 4.62. The van der Waals surface area contributed by atoms with Crippen molar-refractivity contribution in [3.63, 3.8) is 0 Å². The Bertz CT molecular complexity index is 112. The molecule has 0 rings (SSSR count). The predicted molar refractivity (Wildman–Crippen MR) is 13.0 cm³/mol. The molecule has 0 aliphatic heterocycles. The van der Waals surface area contributed by atoms with Gasteiger partial charge in [0.05, 0.1) is 0 Å². The zero-order valence-electron chi connectivity index (χ0n) is 3.54. The Morgan fingerprint density at radius 3 is 1.67 bits per heavy atom. The molecule has 0 unspecified atom stereocenters. The second kappa shape index (κ2) is 5.91. The summed E-state index contributed by atoms with van der Waals surface area (Å²) >= 11 is 2.56. The summed E-state index contributed by atoms with van der Waals surface area (Å²) < 4.78 is 7.10. The van der Waals surface area contributed by atoms with Crippen LogP contribution in [-0.4, -0.2) is 8.37 Å². The van der Waals surface area contributed by atoms with E-state index in [1.807, 2.05) is 0 Å². The first-order chi connectivity index (χ1) is 4.20. The van der Waals surface area contributed by atoms with Crippen LogP contribution >= 0.6 is 0 Å². The molecule has 0 aromatic rings. The van der Waals surface area contributed by atoms with E-state index in [2.05, 4.69) is 6.49 Å². The first kappa shape index (κ1) is 10.2. The monoisotopic (exact) mass is 589 g/mol. The van der Waals surface area contributed by atoms with Crippen molar-refractivity contribution in [3.05, 3.63) is 0 Å². The van der Waals surface area contributed by atoms with Gasteiger partial charge in [0.1, 0.15) is 0 Å². The van der Waals surface area contributed by atoms with Crippen LogP contribution in [0.3, 0.4) is 0 Å². The first-order valence-electron chi connectivity index (χ1n) is 1.36. The van der Waals surface area contributed by atoms with Gasteiger partial charge >= 0.3 is 87.1 Å². The molecule has 0 amide bonds. The van der Waals surface area contributed by atoms with Gasteiger partial charge in [-0.05, 0) is 0 Å². The normalized spacial score (nSPS) is 8.89. The summed E-state index contributed by atoms with van der Waals surface area (Å²) in [6, 6.07) is 0. The van der Waals surface area contributed by atoms with E-state index >= 15 is 0 Å². The van der Waals surface area contributed by atoms with Gasteiger partial charge in [-0.2, -0.15) is 0 Å². The number of rotatable bonds is 2. The number of hydrogen-bond acceptors (Lipinski definition) is 4. The summed E-state index contributed by atoms with van der Waals surface area (Å²) in [5.74, 6) is 0. The molecule has 7 heteroatoms. The molecule has 0 saturated heterocycles. The number of carbonyl (C=O) groups excluding carboxylic acids is 2. The molecule has 65 valence electrons. The van der Waals surface area contributed by atoms with Crippen molar-refractivity contribution >= 4 is 8.37 Å². The Morgan fingerprint density at radius 1 is 1.11 bits per heavy atom. The van der Waals surface area contributed by atoms with Crippen LogP contribution in [0.2, 0.25) is 0 Å². The maximum atomic E-state index is 10.3. The summed E-state index contributed by atoms with van der Waals surface area (Å²) in [5, 5.41) is 0. The fourth-order valence-electron chi connectivity index (χ4n) is 0.0688. The topological polar surface area (TPSA) is 52.6 Å². The number of carbonyl (C=O) groups is 2. The second-order valence-electron chi connectivity index (χ2n) is 0.611. The molecule has 4 nitrogen and oxygen atoms in total. The van der Waals surface area contributed by atoms with E-state index in [1.165, 1.54) is 0 Å². The van der Waals surface area contributed by atoms with Crippen molar-refractivity contribution < 1.29 is 78.8 Å². The zero-order chi connectivity index (χ0) is 7.28. The molecule has 0 aromatic carbocycles. The van der Waals surface area contributed by atoms with E-state index in [0.29, 0.717) is 0 Å². The van der Waals surface area contributed by atoms with Crippen molar-refractivity contribution in [2.75, 3.05) is 0 Å². The minimum absolute atomic E-state index is 0.585. The van der Waals surface area contributed by atoms with Gasteiger partial charge in [-0.15, -0.1) is 0 Å². The molecule has 0 atom stereocenters. The molecule has 0 bridgehead atoms. The van der Waals surface area contributed by atoms with Crippen LogP contribution in [0.5, 0.6) is 0 Å². The number of hydrogen-bond donors (Lipinski definition) is 0. The average molecular weight is 590 g/mol. The third-order valence-corrected chi connectivity index (χ3v) is 2.94. The Hall–Kier alpha value is 1.16. The van der Waals surface area contributed by atoms with Crippen molar-refractivity contribution in [3.8, 4) is 0 Å². The standard InChI is InChI=1S/2CO2.Ag.2Au/c2*2-1-3;;;/q2*-1;;2*+1. The van der Waals surface area contributed by atoms with Gasteiger partial charge in [-0.1, -0.05) is 0 Å². The Morgan fingerprint density at radius 2 is 1.44 bits per heavy atom. The van der Waals surface area contributed by atoms with Crippen LogP contribution in [0.1, 0.15) is 0 Å². The van der Waals surface area contributed by atoms with Crippen molar-refractivity contribution in [1.29, 1.82) is 0 Å². The van der Waals surface area contributed by atoms with Crippen molar-refractivity contribution in [2.24, 2.45) is 0 Å². The Labute approximate surface area is 86.2 Å². The second-order valence-corrected chi connectivity index (χ2v) is 3.08. The fraction of sp³-hybridized carbons (Fsp3) is 0. The van der Waals surface area contributed by atoms with Crippen LogP contribution in [0.4, 0.5) is 9.59 Å². The molecule has 9 heavy (non-hydrogen) atoms. The van der Waals surface area contributed by atoms with Crippen LogP contribution in [0.15, 0.2) is 0 Å². The molecule has 0 heterocycles. The molecule has 0 spiro atoms. The SMILES string of the molecule is O=[C]([O][Au])[Ag][C](=O)[O][Au]. The summed E-state index contributed by atoms with van der Waals surface area (Å²) in [4.78, 5) is 20.5. The molecule has 0 aromatic heterocycles. The van der Waals surface area contributed by atoms with E-state index in [9.17, 15) is 9.59 Å². The summed E-state index contributed by atoms with van der Waals surface area (Å²) in [6.07, 6.45) is 0. The molecule has 0 N–H and O–H groups in total. The van der Waals surface area contributed by atoms with Gasteiger partial charge in [0, 0.05) is 0 Å². The van der Waals surface area contributed by atoms with E-state index in [4.69, 9.17) is 0 Å². The minimum atomic E-state index is -0.589. The van der Waals surface area contributed by atoms with Crippen LogP contribution in [0, 0.1) is 0 Å². The van der Waals surface area contributed by atoms with Gasteiger partial charge in [-0.25, -0.2) is 0 Å².